The predicted octanol–water partition coefficient (Wildman–Crippen LogP) is 3.30. The van der Waals surface area contributed by atoms with Crippen LogP contribution in [0.4, 0.5) is 17.1 Å². The van der Waals surface area contributed by atoms with Gasteiger partial charge in [0.1, 0.15) is 5.75 Å². The number of non-ortho nitro benzene ring substituents is 1. The smallest absolute Gasteiger partial charge is 0.269 e. The lowest BCUT2D eigenvalue weighted by Crippen LogP contribution is -2.20. The van der Waals surface area contributed by atoms with Gasteiger partial charge in [-0.3, -0.25) is 19.7 Å². The molecule has 2 aromatic rings. The number of hydrogen-bond acceptors (Lipinski definition) is 5. The second kappa shape index (κ2) is 9.14. The highest BCUT2D eigenvalue weighted by atomic mass is 16.6. The zero-order chi connectivity index (χ0) is 19.8. The van der Waals surface area contributed by atoms with Crippen molar-refractivity contribution in [2.75, 3.05) is 17.2 Å². The maximum Gasteiger partial charge on any atom is 0.269 e. The van der Waals surface area contributed by atoms with Crippen LogP contribution in [0.2, 0.25) is 0 Å². The highest BCUT2D eigenvalue weighted by Gasteiger charge is 2.12. The first-order valence-corrected chi connectivity index (χ1v) is 8.07. The molecule has 27 heavy (non-hydrogen) atoms. The van der Waals surface area contributed by atoms with Crippen molar-refractivity contribution < 1.29 is 19.2 Å². The molecule has 0 saturated carbocycles. The van der Waals surface area contributed by atoms with Crippen molar-refractivity contribution in [3.05, 3.63) is 70.8 Å². The fraction of sp³-hybridized carbons (Fsp3) is 0.158. The predicted molar refractivity (Wildman–Crippen MR) is 102 cm³/mol. The van der Waals surface area contributed by atoms with Crippen LogP contribution < -0.4 is 15.4 Å². The minimum Gasteiger partial charge on any atom is -0.483 e. The van der Waals surface area contributed by atoms with E-state index >= 15 is 0 Å². The number of ether oxygens (including phenoxy) is 1. The van der Waals surface area contributed by atoms with Gasteiger partial charge in [0.05, 0.1) is 4.92 Å². The molecule has 0 atom stereocenters. The maximum atomic E-state index is 12.1. The second-order valence-corrected chi connectivity index (χ2v) is 5.64. The van der Waals surface area contributed by atoms with Crippen molar-refractivity contribution >= 4 is 28.9 Å². The highest BCUT2D eigenvalue weighted by Crippen LogP contribution is 2.25. The van der Waals surface area contributed by atoms with E-state index in [1.54, 1.807) is 30.3 Å². The average Bonchev–Trinajstić information content (AvgIpc) is 2.62. The first-order chi connectivity index (χ1) is 12.9. The number of nitrogens with one attached hydrogen (secondary N) is 2. The summed E-state index contributed by atoms with van der Waals surface area (Å²) < 4.78 is 5.50. The number of carbonyl (C=O) groups is 2. The third-order valence-electron chi connectivity index (χ3n) is 3.47. The topological polar surface area (TPSA) is 111 Å². The SMILES string of the molecule is C=CCc1cc([N+](=O)[O-])ccc1OCC(=O)Nc1ccc(NC(C)=O)cc1. The standard InChI is InChI=1S/C19H19N3O5/c1-3-4-14-11-17(22(25)26)9-10-18(14)27-12-19(24)21-16-7-5-15(6-8-16)20-13(2)23/h3,5-11H,1,4,12H2,2H3,(H,20,23)(H,21,24). The quantitative estimate of drug-likeness (QED) is 0.421. The van der Waals surface area contributed by atoms with Crippen LogP contribution in [0.25, 0.3) is 0 Å². The highest BCUT2D eigenvalue weighted by molar-refractivity contribution is 5.93. The largest absolute Gasteiger partial charge is 0.483 e. The van der Waals surface area contributed by atoms with Gasteiger partial charge in [-0.15, -0.1) is 6.58 Å². The Morgan fingerprint density at radius 1 is 1.15 bits per heavy atom. The number of nitro groups is 1. The van der Waals surface area contributed by atoms with E-state index in [1.165, 1.54) is 25.1 Å². The maximum absolute atomic E-state index is 12.1. The summed E-state index contributed by atoms with van der Waals surface area (Å²) in [5.41, 5.74) is 1.69. The van der Waals surface area contributed by atoms with Crippen molar-refractivity contribution in [2.45, 2.75) is 13.3 Å². The molecule has 0 aromatic heterocycles. The number of anilines is 2. The number of amides is 2. The molecule has 8 nitrogen and oxygen atoms in total. The van der Waals surface area contributed by atoms with Gasteiger partial charge in [-0.2, -0.15) is 0 Å². The number of benzene rings is 2. The Balaban J connectivity index is 1.97. The van der Waals surface area contributed by atoms with Crippen LogP contribution in [0.5, 0.6) is 5.75 Å². The van der Waals surface area contributed by atoms with Gasteiger partial charge >= 0.3 is 0 Å². The molecule has 0 spiro atoms. The average molecular weight is 369 g/mol. The number of hydrogen-bond donors (Lipinski definition) is 2. The van der Waals surface area contributed by atoms with Crippen molar-refractivity contribution in [3.8, 4) is 5.75 Å². The van der Waals surface area contributed by atoms with Crippen LogP contribution in [0.15, 0.2) is 55.1 Å². The Hall–Kier alpha value is -3.68. The normalized spacial score (nSPS) is 9.96. The third-order valence-corrected chi connectivity index (χ3v) is 3.47. The van der Waals surface area contributed by atoms with Crippen molar-refractivity contribution in [2.24, 2.45) is 0 Å². The lowest BCUT2D eigenvalue weighted by atomic mass is 10.1. The molecule has 8 heteroatoms. The van der Waals surface area contributed by atoms with Crippen molar-refractivity contribution in [1.82, 2.24) is 0 Å². The van der Waals surface area contributed by atoms with Crippen LogP contribution in [0, 0.1) is 10.1 Å². The lowest BCUT2D eigenvalue weighted by Gasteiger charge is -2.11. The third kappa shape index (κ3) is 5.96. The molecule has 2 amide bonds. The van der Waals surface area contributed by atoms with Gasteiger partial charge in [0.25, 0.3) is 11.6 Å². The Bertz CT molecular complexity index is 862. The zero-order valence-electron chi connectivity index (χ0n) is 14.7. The summed E-state index contributed by atoms with van der Waals surface area (Å²) in [5.74, 6) is -0.180. The minimum absolute atomic E-state index is 0.0529. The molecule has 0 saturated heterocycles. The lowest BCUT2D eigenvalue weighted by molar-refractivity contribution is -0.384. The Labute approximate surface area is 156 Å². The van der Waals surface area contributed by atoms with Crippen molar-refractivity contribution in [3.63, 3.8) is 0 Å². The molecule has 0 aliphatic carbocycles. The van der Waals surface area contributed by atoms with E-state index in [0.717, 1.165) is 0 Å². The van der Waals surface area contributed by atoms with Gasteiger partial charge in [-0.1, -0.05) is 6.08 Å². The van der Waals surface area contributed by atoms with Gasteiger partial charge in [0.15, 0.2) is 6.61 Å². The van der Waals surface area contributed by atoms with Crippen LogP contribution in [-0.4, -0.2) is 23.3 Å². The number of rotatable bonds is 8. The molecule has 0 aliphatic rings. The number of nitro benzene ring substituents is 1. The molecule has 0 fully saturated rings. The van der Waals surface area contributed by atoms with Crippen LogP contribution in [0.1, 0.15) is 12.5 Å². The molecule has 140 valence electrons. The number of allylic oxidation sites excluding steroid dienone is 1. The summed E-state index contributed by atoms with van der Waals surface area (Å²) in [4.78, 5) is 33.4. The van der Waals surface area contributed by atoms with Gasteiger partial charge < -0.3 is 15.4 Å². The Morgan fingerprint density at radius 3 is 2.33 bits per heavy atom. The number of carbonyl (C=O) groups excluding carboxylic acids is 2. The molecule has 2 N–H and O–H groups in total. The Morgan fingerprint density at radius 2 is 1.78 bits per heavy atom. The summed E-state index contributed by atoms with van der Waals surface area (Å²) in [6.45, 7) is 4.77. The van der Waals surface area contributed by atoms with E-state index in [4.69, 9.17) is 4.74 Å². The summed E-state index contributed by atoms with van der Waals surface area (Å²) in [5, 5.41) is 16.2. The van der Waals surface area contributed by atoms with Gasteiger partial charge in [-0.25, -0.2) is 0 Å². The van der Waals surface area contributed by atoms with E-state index in [0.29, 0.717) is 29.1 Å². The van der Waals surface area contributed by atoms with Crippen LogP contribution in [-0.2, 0) is 16.0 Å². The van der Waals surface area contributed by atoms with Crippen molar-refractivity contribution in [1.29, 1.82) is 0 Å². The summed E-state index contributed by atoms with van der Waals surface area (Å²) in [6, 6.07) is 10.8. The molecular formula is C19H19N3O5. The fourth-order valence-corrected chi connectivity index (χ4v) is 2.32. The van der Waals surface area contributed by atoms with E-state index in [9.17, 15) is 19.7 Å². The molecule has 2 aromatic carbocycles. The molecule has 2 rings (SSSR count). The summed E-state index contributed by atoms with van der Waals surface area (Å²) in [7, 11) is 0. The van der Waals surface area contributed by atoms with Gasteiger partial charge in [-0.05, 0) is 36.8 Å². The van der Waals surface area contributed by atoms with Crippen LogP contribution in [0.3, 0.4) is 0 Å². The van der Waals surface area contributed by atoms with E-state index < -0.39 is 4.92 Å². The zero-order valence-corrected chi connectivity index (χ0v) is 14.7. The molecule has 0 heterocycles. The molecular weight excluding hydrogens is 350 g/mol. The van der Waals surface area contributed by atoms with Gasteiger partial charge in [0.2, 0.25) is 5.91 Å². The molecule has 0 unspecified atom stereocenters. The number of nitrogens with zero attached hydrogens (tertiary/aromatic N) is 1. The summed E-state index contributed by atoms with van der Waals surface area (Å²) in [6.07, 6.45) is 1.98. The second-order valence-electron chi connectivity index (χ2n) is 5.64. The summed E-state index contributed by atoms with van der Waals surface area (Å²) >= 11 is 0. The monoisotopic (exact) mass is 369 g/mol. The molecule has 0 bridgehead atoms. The molecule has 0 aliphatic heterocycles. The van der Waals surface area contributed by atoms with Crippen LogP contribution >= 0.6 is 0 Å². The van der Waals surface area contributed by atoms with E-state index in [-0.39, 0.29) is 24.1 Å². The fourth-order valence-electron chi connectivity index (χ4n) is 2.32. The molecule has 0 radical (unpaired) electrons. The first kappa shape index (κ1) is 19.6. The van der Waals surface area contributed by atoms with E-state index in [2.05, 4.69) is 17.2 Å². The Kier molecular flexibility index (Phi) is 6.65. The first-order valence-electron chi connectivity index (χ1n) is 8.07. The van der Waals surface area contributed by atoms with Gasteiger partial charge in [0, 0.05) is 36.0 Å². The minimum atomic E-state index is -0.492. The van der Waals surface area contributed by atoms with E-state index in [1.807, 2.05) is 0 Å².